The number of unbranched alkanes of at least 4 members (excludes halogenated alkanes) is 2. The van der Waals surface area contributed by atoms with Gasteiger partial charge < -0.3 is 4.90 Å². The minimum Gasteiger partial charge on any atom is -0.338 e. The number of nitriles is 1. The van der Waals surface area contributed by atoms with Crippen LogP contribution in [0.4, 0.5) is 5.69 Å². The predicted molar refractivity (Wildman–Crippen MR) is 149 cm³/mol. The zero-order chi connectivity index (χ0) is 28.1. The molecule has 0 bridgehead atoms. The molecule has 0 saturated heterocycles. The third-order valence-corrected chi connectivity index (χ3v) is 7.37. The van der Waals surface area contributed by atoms with E-state index < -0.39 is 17.9 Å². The molecule has 8 heteroatoms. The molecule has 1 aliphatic heterocycles. The van der Waals surface area contributed by atoms with E-state index in [9.17, 15) is 19.6 Å². The van der Waals surface area contributed by atoms with Crippen molar-refractivity contribution in [3.8, 4) is 6.07 Å². The topological polar surface area (TPSA) is 115 Å². The van der Waals surface area contributed by atoms with E-state index in [2.05, 4.69) is 43.2 Å². The van der Waals surface area contributed by atoms with Crippen molar-refractivity contribution in [2.45, 2.75) is 92.0 Å². The summed E-state index contributed by atoms with van der Waals surface area (Å²) in [6, 6.07) is 7.75. The van der Waals surface area contributed by atoms with Crippen molar-refractivity contribution in [2.75, 3.05) is 13.1 Å². The molecule has 0 aliphatic carbocycles. The number of amides is 3. The lowest BCUT2D eigenvalue weighted by molar-refractivity contribution is -0.129. The van der Waals surface area contributed by atoms with Crippen molar-refractivity contribution in [3.05, 3.63) is 41.0 Å². The summed E-state index contributed by atoms with van der Waals surface area (Å²) in [5, 5.41) is 19.9. The normalized spacial score (nSPS) is 17.3. The predicted octanol–water partition coefficient (Wildman–Crippen LogP) is 6.51. The van der Waals surface area contributed by atoms with Gasteiger partial charge in [-0.3, -0.25) is 19.7 Å². The van der Waals surface area contributed by atoms with Gasteiger partial charge in [0.25, 0.3) is 17.7 Å². The number of nitrogens with one attached hydrogen (secondary N) is 1. The fourth-order valence-corrected chi connectivity index (χ4v) is 4.76. The van der Waals surface area contributed by atoms with Crippen LogP contribution in [0, 0.1) is 23.2 Å². The lowest BCUT2D eigenvalue weighted by Gasteiger charge is -2.31. The Kier molecular flexibility index (Phi) is 12.8. The first-order chi connectivity index (χ1) is 18.3. The molecule has 1 aromatic rings. The third kappa shape index (κ3) is 8.34. The van der Waals surface area contributed by atoms with E-state index in [0.29, 0.717) is 36.2 Å². The molecule has 3 amide bonds. The van der Waals surface area contributed by atoms with E-state index in [1.54, 1.807) is 24.3 Å². The van der Waals surface area contributed by atoms with Gasteiger partial charge in [-0.05, 0) is 49.3 Å². The summed E-state index contributed by atoms with van der Waals surface area (Å²) in [7, 11) is 0. The number of carbonyl (C=O) groups excluding carboxylic acids is 3. The average molecular weight is 522 g/mol. The van der Waals surface area contributed by atoms with Gasteiger partial charge in [-0.15, -0.1) is 0 Å². The quantitative estimate of drug-likeness (QED) is 0.209. The number of imide groups is 1. The second-order valence-electron chi connectivity index (χ2n) is 10.2. The second kappa shape index (κ2) is 15.8. The molecule has 0 aromatic heterocycles. The molecule has 0 radical (unpaired) electrons. The smallest absolute Gasteiger partial charge is 0.268 e. The molecule has 1 heterocycles. The Labute approximate surface area is 227 Å². The summed E-state index contributed by atoms with van der Waals surface area (Å²) >= 11 is 0. The lowest BCUT2D eigenvalue weighted by atomic mass is 9.95. The van der Waals surface area contributed by atoms with Crippen molar-refractivity contribution < 1.29 is 14.4 Å². The van der Waals surface area contributed by atoms with Gasteiger partial charge in [-0.2, -0.15) is 15.5 Å². The lowest BCUT2D eigenvalue weighted by Crippen LogP contribution is -2.44. The average Bonchev–Trinajstić information content (AvgIpc) is 2.92. The van der Waals surface area contributed by atoms with Crippen LogP contribution in [-0.2, 0) is 9.59 Å². The fraction of sp³-hybridized carbons (Fsp3) is 0.600. The highest BCUT2D eigenvalue weighted by Gasteiger charge is 2.33. The molecule has 3 atom stereocenters. The van der Waals surface area contributed by atoms with Crippen LogP contribution < -0.4 is 5.32 Å². The van der Waals surface area contributed by atoms with Gasteiger partial charge in [0.1, 0.15) is 11.6 Å². The number of carbonyl (C=O) groups is 3. The zero-order valence-electron chi connectivity index (χ0n) is 23.6. The SMILES string of the molecule is CCCCC(CC)CN(CC(CC)CCCC)C(=O)c1ccccc1/N=N/C1C(=O)NC(=O)C(C#N)=C1C. The first kappa shape index (κ1) is 30.9. The Bertz CT molecular complexity index is 1050. The monoisotopic (exact) mass is 521 g/mol. The van der Waals surface area contributed by atoms with Gasteiger partial charge in [-0.25, -0.2) is 0 Å². The van der Waals surface area contributed by atoms with Gasteiger partial charge in [0, 0.05) is 13.1 Å². The van der Waals surface area contributed by atoms with E-state index in [-0.39, 0.29) is 17.1 Å². The molecule has 0 spiro atoms. The number of nitrogens with zero attached hydrogens (tertiary/aromatic N) is 4. The summed E-state index contributed by atoms with van der Waals surface area (Å²) in [5.74, 6) is -0.592. The first-order valence-electron chi connectivity index (χ1n) is 14.1. The standard InChI is InChI=1S/C30H43N5O3/c1-6-10-14-22(8-3)19-35(20-23(9-4)15-11-7-2)30(38)24-16-12-13-17-26(24)33-34-27-21(5)25(18-31)28(36)32-29(27)37/h12-13,16-17,22-23,27H,6-11,14-15,19-20H2,1-5H3,(H,32,36,37)/b34-33+. The number of rotatable bonds is 15. The number of benzene rings is 1. The molecule has 38 heavy (non-hydrogen) atoms. The molecule has 1 N–H and O–H groups in total. The number of hydrogen-bond donors (Lipinski definition) is 1. The van der Waals surface area contributed by atoms with Crippen LogP contribution in [-0.4, -0.2) is 41.8 Å². The van der Waals surface area contributed by atoms with Gasteiger partial charge in [0.2, 0.25) is 0 Å². The van der Waals surface area contributed by atoms with Crippen molar-refractivity contribution in [3.63, 3.8) is 0 Å². The Hall–Kier alpha value is -3.34. The zero-order valence-corrected chi connectivity index (χ0v) is 23.6. The Morgan fingerprint density at radius 3 is 2.13 bits per heavy atom. The minimum atomic E-state index is -1.10. The largest absolute Gasteiger partial charge is 0.338 e. The maximum Gasteiger partial charge on any atom is 0.268 e. The van der Waals surface area contributed by atoms with Gasteiger partial charge >= 0.3 is 0 Å². The van der Waals surface area contributed by atoms with Crippen LogP contribution in [0.2, 0.25) is 0 Å². The molecular weight excluding hydrogens is 478 g/mol. The van der Waals surface area contributed by atoms with Crippen LogP contribution in [0.5, 0.6) is 0 Å². The summed E-state index contributed by atoms with van der Waals surface area (Å²) in [4.78, 5) is 40.3. The highest BCUT2D eigenvalue weighted by atomic mass is 16.2. The first-order valence-corrected chi connectivity index (χ1v) is 14.1. The maximum absolute atomic E-state index is 14.0. The molecule has 2 rings (SSSR count). The molecule has 206 valence electrons. The van der Waals surface area contributed by atoms with E-state index in [1.165, 1.54) is 6.92 Å². The minimum absolute atomic E-state index is 0.0855. The Morgan fingerprint density at radius 1 is 1.03 bits per heavy atom. The third-order valence-electron chi connectivity index (χ3n) is 7.37. The Balaban J connectivity index is 2.39. The van der Waals surface area contributed by atoms with Crippen molar-refractivity contribution in [1.82, 2.24) is 10.2 Å². The molecule has 8 nitrogen and oxygen atoms in total. The van der Waals surface area contributed by atoms with Crippen molar-refractivity contribution >= 4 is 23.4 Å². The van der Waals surface area contributed by atoms with Crippen LogP contribution in [0.1, 0.15) is 96.3 Å². The molecular formula is C30H43N5O3. The van der Waals surface area contributed by atoms with Gasteiger partial charge in [0.15, 0.2) is 6.04 Å². The van der Waals surface area contributed by atoms with Crippen LogP contribution >= 0.6 is 0 Å². The van der Waals surface area contributed by atoms with Crippen LogP contribution in [0.25, 0.3) is 0 Å². The highest BCUT2D eigenvalue weighted by molar-refractivity contribution is 6.12. The molecule has 1 aromatic carbocycles. The van der Waals surface area contributed by atoms with Crippen LogP contribution in [0.15, 0.2) is 45.6 Å². The molecule has 3 unspecified atom stereocenters. The van der Waals surface area contributed by atoms with Gasteiger partial charge in [0.05, 0.1) is 11.3 Å². The molecule has 0 fully saturated rings. The van der Waals surface area contributed by atoms with E-state index in [0.717, 1.165) is 51.4 Å². The van der Waals surface area contributed by atoms with Crippen molar-refractivity contribution in [2.24, 2.45) is 22.1 Å². The summed E-state index contributed by atoms with van der Waals surface area (Å²) in [6.45, 7) is 11.7. The number of hydrogen-bond acceptors (Lipinski definition) is 6. The summed E-state index contributed by atoms with van der Waals surface area (Å²) in [6.07, 6.45) is 8.74. The van der Waals surface area contributed by atoms with Crippen LogP contribution in [0.3, 0.4) is 0 Å². The van der Waals surface area contributed by atoms with E-state index in [1.807, 2.05) is 11.0 Å². The fourth-order valence-electron chi connectivity index (χ4n) is 4.76. The van der Waals surface area contributed by atoms with Crippen molar-refractivity contribution in [1.29, 1.82) is 5.26 Å². The van der Waals surface area contributed by atoms with E-state index >= 15 is 0 Å². The van der Waals surface area contributed by atoms with Gasteiger partial charge in [-0.1, -0.05) is 78.4 Å². The number of azo groups is 1. The maximum atomic E-state index is 14.0. The Morgan fingerprint density at radius 2 is 1.61 bits per heavy atom. The summed E-state index contributed by atoms with van der Waals surface area (Å²) < 4.78 is 0. The molecule has 1 aliphatic rings. The highest BCUT2D eigenvalue weighted by Crippen LogP contribution is 2.26. The second-order valence-corrected chi connectivity index (χ2v) is 10.2. The van der Waals surface area contributed by atoms with E-state index in [4.69, 9.17) is 0 Å². The molecule has 0 saturated carbocycles. The summed E-state index contributed by atoms with van der Waals surface area (Å²) in [5.41, 5.74) is 0.904.